The first-order valence-electron chi connectivity index (χ1n) is 8.27. The molecule has 6 heteroatoms. The molecule has 126 valence electrons. The largest absolute Gasteiger partial charge is 0.366 e. The van der Waals surface area contributed by atoms with Crippen molar-refractivity contribution in [3.63, 3.8) is 0 Å². The van der Waals surface area contributed by atoms with Crippen LogP contribution in [0.25, 0.3) is 0 Å². The number of benzene rings is 1. The van der Waals surface area contributed by atoms with Crippen LogP contribution < -0.4 is 5.32 Å². The lowest BCUT2D eigenvalue weighted by molar-refractivity contribution is -0.00789. The number of carbonyl (C=O) groups is 1. The molecule has 6 nitrogen and oxygen atoms in total. The van der Waals surface area contributed by atoms with Crippen LogP contribution in [-0.2, 0) is 30.0 Å². The van der Waals surface area contributed by atoms with Gasteiger partial charge in [0.25, 0.3) is 5.91 Å². The van der Waals surface area contributed by atoms with Gasteiger partial charge < -0.3 is 15.0 Å². The highest BCUT2D eigenvalue weighted by Crippen LogP contribution is 2.36. The third-order valence-electron chi connectivity index (χ3n) is 4.87. The Labute approximate surface area is 141 Å². The molecule has 1 N–H and O–H groups in total. The lowest BCUT2D eigenvalue weighted by atomic mass is 9.95. The number of fused-ring (bicyclic) bond motifs is 2. The van der Waals surface area contributed by atoms with Crippen molar-refractivity contribution < 1.29 is 9.53 Å². The molecule has 0 spiro atoms. The molecule has 0 aliphatic carbocycles. The molecule has 24 heavy (non-hydrogen) atoms. The monoisotopic (exact) mass is 326 g/mol. The Morgan fingerprint density at radius 2 is 2.12 bits per heavy atom. The van der Waals surface area contributed by atoms with Crippen molar-refractivity contribution in [1.82, 2.24) is 14.7 Å². The first-order chi connectivity index (χ1) is 11.4. The fraction of sp³-hybridized carbons (Fsp3) is 0.444. The number of likely N-dealkylation sites (N-methyl/N-ethyl adjacent to an activating group) is 1. The smallest absolute Gasteiger partial charge is 0.272 e. The van der Waals surface area contributed by atoms with Crippen molar-refractivity contribution in [2.24, 2.45) is 0 Å². The molecule has 1 amide bonds. The number of amides is 1. The average Bonchev–Trinajstić information content (AvgIpc) is 3.11. The van der Waals surface area contributed by atoms with E-state index in [1.54, 1.807) is 9.58 Å². The van der Waals surface area contributed by atoms with Crippen molar-refractivity contribution >= 4 is 11.7 Å². The zero-order chi connectivity index (χ0) is 16.9. The topological polar surface area (TPSA) is 59.4 Å². The maximum atomic E-state index is 12.1. The van der Waals surface area contributed by atoms with Crippen LogP contribution in [0.1, 0.15) is 41.0 Å². The van der Waals surface area contributed by atoms with Gasteiger partial charge in [0.05, 0.1) is 18.8 Å². The molecule has 0 saturated heterocycles. The lowest BCUT2D eigenvalue weighted by Crippen LogP contribution is -2.37. The maximum Gasteiger partial charge on any atom is 0.272 e. The van der Waals surface area contributed by atoms with Crippen molar-refractivity contribution in [3.05, 3.63) is 46.6 Å². The third-order valence-corrected chi connectivity index (χ3v) is 4.87. The first-order valence-corrected chi connectivity index (χ1v) is 8.27. The van der Waals surface area contributed by atoms with Crippen LogP contribution in [0.4, 0.5) is 5.82 Å². The normalized spacial score (nSPS) is 18.5. The molecule has 0 radical (unpaired) electrons. The highest BCUT2D eigenvalue weighted by atomic mass is 16.5. The van der Waals surface area contributed by atoms with Gasteiger partial charge in [0.15, 0.2) is 0 Å². The Hall–Kier alpha value is -2.34. The minimum atomic E-state index is -0.198. The zero-order valence-corrected chi connectivity index (χ0v) is 14.3. The molecular formula is C18H22N4O2. The molecule has 0 bridgehead atoms. The molecule has 1 aromatic carbocycles. The summed E-state index contributed by atoms with van der Waals surface area (Å²) in [7, 11) is 1.82. The number of hydrogen-bond donors (Lipinski definition) is 1. The van der Waals surface area contributed by atoms with Gasteiger partial charge in [-0.25, -0.2) is 0 Å². The summed E-state index contributed by atoms with van der Waals surface area (Å²) in [5.74, 6) is 0.768. The van der Waals surface area contributed by atoms with Gasteiger partial charge in [-0.2, -0.15) is 5.10 Å². The standard InChI is InChI=1S/C18H22N4O2/c1-18(2)14-5-4-12(8-13(14)11-24-18)10-19-16-9-15-17(23)21(3)6-7-22(15)20-16/h4-5,8-9H,6-7,10-11H2,1-3H3,(H,19,20). The van der Waals surface area contributed by atoms with E-state index in [2.05, 4.69) is 42.5 Å². The lowest BCUT2D eigenvalue weighted by Gasteiger charge is -2.22. The van der Waals surface area contributed by atoms with Gasteiger partial charge in [-0.05, 0) is 30.5 Å². The molecule has 0 fully saturated rings. The predicted molar refractivity (Wildman–Crippen MR) is 90.8 cm³/mol. The molecule has 0 atom stereocenters. The fourth-order valence-electron chi connectivity index (χ4n) is 3.38. The van der Waals surface area contributed by atoms with Gasteiger partial charge in [-0.1, -0.05) is 18.2 Å². The predicted octanol–water partition coefficient (Wildman–Crippen LogP) is 2.35. The number of carbonyl (C=O) groups excluding carboxylic acids is 1. The molecule has 3 heterocycles. The SMILES string of the molecule is CN1CCn2nc(NCc3ccc4c(c3)COC4(C)C)cc2C1=O. The Morgan fingerprint density at radius 1 is 1.29 bits per heavy atom. The van der Waals surface area contributed by atoms with Gasteiger partial charge in [-0.15, -0.1) is 0 Å². The van der Waals surface area contributed by atoms with Crippen LogP contribution in [0.2, 0.25) is 0 Å². The van der Waals surface area contributed by atoms with Crippen molar-refractivity contribution in [2.45, 2.75) is 39.1 Å². The van der Waals surface area contributed by atoms with Crippen LogP contribution >= 0.6 is 0 Å². The van der Waals surface area contributed by atoms with Crippen LogP contribution in [0.15, 0.2) is 24.3 Å². The van der Waals surface area contributed by atoms with E-state index in [-0.39, 0.29) is 11.5 Å². The number of anilines is 1. The van der Waals surface area contributed by atoms with E-state index in [1.807, 2.05) is 13.1 Å². The highest BCUT2D eigenvalue weighted by Gasteiger charge is 2.30. The molecule has 0 unspecified atom stereocenters. The van der Waals surface area contributed by atoms with Crippen molar-refractivity contribution in [1.29, 1.82) is 0 Å². The summed E-state index contributed by atoms with van der Waals surface area (Å²) in [5, 5.41) is 7.80. The fourth-order valence-corrected chi connectivity index (χ4v) is 3.38. The Balaban J connectivity index is 1.49. The zero-order valence-electron chi connectivity index (χ0n) is 14.3. The second-order valence-corrected chi connectivity index (χ2v) is 7.01. The number of nitrogens with zero attached hydrogens (tertiary/aromatic N) is 3. The number of aromatic nitrogens is 2. The minimum absolute atomic E-state index is 0.0266. The summed E-state index contributed by atoms with van der Waals surface area (Å²) in [4.78, 5) is 13.8. The van der Waals surface area contributed by atoms with Gasteiger partial charge in [0.1, 0.15) is 11.5 Å². The molecule has 2 aromatic rings. The second kappa shape index (κ2) is 5.34. The maximum absolute atomic E-state index is 12.1. The quantitative estimate of drug-likeness (QED) is 0.940. The number of nitrogens with one attached hydrogen (secondary N) is 1. The number of rotatable bonds is 3. The Morgan fingerprint density at radius 3 is 2.96 bits per heavy atom. The summed E-state index contributed by atoms with van der Waals surface area (Å²) in [6, 6.07) is 8.29. The van der Waals surface area contributed by atoms with Crippen molar-refractivity contribution in [3.8, 4) is 0 Å². The van der Waals surface area contributed by atoms with Gasteiger partial charge in [0.2, 0.25) is 0 Å². The molecule has 2 aliphatic heterocycles. The Bertz CT molecular complexity index is 809. The van der Waals surface area contributed by atoms with E-state index in [4.69, 9.17) is 4.74 Å². The number of hydrogen-bond acceptors (Lipinski definition) is 4. The molecule has 4 rings (SSSR count). The summed E-state index contributed by atoms with van der Waals surface area (Å²) in [6.07, 6.45) is 0. The van der Waals surface area contributed by atoms with Gasteiger partial charge in [0, 0.05) is 26.2 Å². The van der Waals surface area contributed by atoms with E-state index in [0.29, 0.717) is 25.4 Å². The molecule has 1 aromatic heterocycles. The van der Waals surface area contributed by atoms with Gasteiger partial charge >= 0.3 is 0 Å². The van der Waals surface area contributed by atoms with Crippen LogP contribution in [0, 0.1) is 0 Å². The molecule has 0 saturated carbocycles. The van der Waals surface area contributed by atoms with Crippen LogP contribution in [-0.4, -0.2) is 34.2 Å². The minimum Gasteiger partial charge on any atom is -0.366 e. The Kier molecular flexibility index (Phi) is 3.38. The van der Waals surface area contributed by atoms with E-state index in [9.17, 15) is 4.79 Å². The average molecular weight is 326 g/mol. The van der Waals surface area contributed by atoms with E-state index < -0.39 is 0 Å². The molecular weight excluding hydrogens is 304 g/mol. The van der Waals surface area contributed by atoms with Crippen LogP contribution in [0.5, 0.6) is 0 Å². The van der Waals surface area contributed by atoms with Gasteiger partial charge in [-0.3, -0.25) is 9.48 Å². The second-order valence-electron chi connectivity index (χ2n) is 7.01. The summed E-state index contributed by atoms with van der Waals surface area (Å²) in [5.41, 5.74) is 4.15. The number of ether oxygens (including phenoxy) is 1. The first kappa shape index (κ1) is 15.2. The third kappa shape index (κ3) is 2.47. The van der Waals surface area contributed by atoms with Crippen molar-refractivity contribution in [2.75, 3.05) is 18.9 Å². The van der Waals surface area contributed by atoms with E-state index in [0.717, 1.165) is 12.4 Å². The van der Waals surface area contributed by atoms with Crippen LogP contribution in [0.3, 0.4) is 0 Å². The summed E-state index contributed by atoms with van der Waals surface area (Å²) >= 11 is 0. The summed E-state index contributed by atoms with van der Waals surface area (Å²) < 4.78 is 7.61. The molecule has 2 aliphatic rings. The highest BCUT2D eigenvalue weighted by molar-refractivity contribution is 5.93. The van der Waals surface area contributed by atoms with E-state index in [1.165, 1.54) is 16.7 Å². The summed E-state index contributed by atoms with van der Waals surface area (Å²) in [6.45, 7) is 6.98. The van der Waals surface area contributed by atoms with E-state index >= 15 is 0 Å².